The fraction of sp³-hybridized carbons (Fsp3) is 0.500. The number of carbonyl (C=O) groups is 2. The first-order valence-electron chi connectivity index (χ1n) is 9.35. The topological polar surface area (TPSA) is 49.9 Å². The van der Waals surface area contributed by atoms with E-state index in [9.17, 15) is 22.8 Å². The number of halogens is 3. The summed E-state index contributed by atoms with van der Waals surface area (Å²) in [5.41, 5.74) is -0.212. The molecule has 2 saturated heterocycles. The van der Waals surface area contributed by atoms with Gasteiger partial charge in [0.25, 0.3) is 0 Å². The second kappa shape index (κ2) is 8.77. The number of nitrogens with zero attached hydrogens (tertiary/aromatic N) is 2. The molecule has 8 heteroatoms. The van der Waals surface area contributed by atoms with Gasteiger partial charge in [0.15, 0.2) is 0 Å². The summed E-state index contributed by atoms with van der Waals surface area (Å²) in [7, 11) is 0. The molecule has 1 aromatic rings. The smallest absolute Gasteiger partial charge is 0.378 e. The Morgan fingerprint density at radius 1 is 1.04 bits per heavy atom. The Kier molecular flexibility index (Phi) is 6.39. The van der Waals surface area contributed by atoms with Crippen molar-refractivity contribution in [3.8, 4) is 0 Å². The third-order valence-corrected chi connectivity index (χ3v) is 5.06. The van der Waals surface area contributed by atoms with Crippen LogP contribution in [0.1, 0.15) is 24.0 Å². The van der Waals surface area contributed by atoms with Crippen molar-refractivity contribution in [1.82, 2.24) is 9.80 Å². The van der Waals surface area contributed by atoms with E-state index in [-0.39, 0.29) is 17.7 Å². The monoisotopic (exact) mass is 396 g/mol. The predicted molar refractivity (Wildman–Crippen MR) is 97.2 cm³/mol. The van der Waals surface area contributed by atoms with Gasteiger partial charge in [0.2, 0.25) is 11.8 Å². The molecule has 1 atom stereocenters. The van der Waals surface area contributed by atoms with E-state index in [1.807, 2.05) is 0 Å². The number of morpholine rings is 1. The number of hydrogen-bond acceptors (Lipinski definition) is 3. The van der Waals surface area contributed by atoms with Crippen LogP contribution in [0.5, 0.6) is 0 Å². The Hall–Kier alpha value is -2.35. The highest BCUT2D eigenvalue weighted by Crippen LogP contribution is 2.29. The van der Waals surface area contributed by atoms with Crippen LogP contribution >= 0.6 is 0 Å². The molecule has 2 fully saturated rings. The highest BCUT2D eigenvalue weighted by atomic mass is 19.4. The van der Waals surface area contributed by atoms with Gasteiger partial charge in [-0.1, -0.05) is 12.1 Å². The summed E-state index contributed by atoms with van der Waals surface area (Å²) in [6.45, 7) is 3.18. The third kappa shape index (κ3) is 5.13. The van der Waals surface area contributed by atoms with Gasteiger partial charge in [0, 0.05) is 32.3 Å². The average Bonchev–Trinajstić information content (AvgIpc) is 2.72. The van der Waals surface area contributed by atoms with Crippen LogP contribution in [-0.4, -0.2) is 61.0 Å². The number of likely N-dealkylation sites (tertiary alicyclic amines) is 1. The number of hydrogen-bond donors (Lipinski definition) is 0. The molecule has 5 nitrogen and oxygen atoms in total. The second-order valence-electron chi connectivity index (χ2n) is 7.01. The van der Waals surface area contributed by atoms with Crippen molar-refractivity contribution in [3.05, 3.63) is 41.5 Å². The molecule has 0 bridgehead atoms. The lowest BCUT2D eigenvalue weighted by molar-refractivity contribution is -0.143. The minimum Gasteiger partial charge on any atom is -0.378 e. The Morgan fingerprint density at radius 2 is 1.71 bits per heavy atom. The molecule has 2 aliphatic heterocycles. The van der Waals surface area contributed by atoms with Gasteiger partial charge in [0.1, 0.15) is 0 Å². The van der Waals surface area contributed by atoms with Gasteiger partial charge < -0.3 is 14.5 Å². The van der Waals surface area contributed by atoms with Crippen molar-refractivity contribution < 1.29 is 27.5 Å². The van der Waals surface area contributed by atoms with Crippen LogP contribution in [0.15, 0.2) is 30.3 Å². The number of amides is 2. The van der Waals surface area contributed by atoms with E-state index < -0.39 is 11.7 Å². The Labute approximate surface area is 161 Å². The molecule has 0 N–H and O–H groups in total. The maximum Gasteiger partial charge on any atom is 0.416 e. The van der Waals surface area contributed by atoms with E-state index in [1.54, 1.807) is 9.80 Å². The number of alkyl halides is 3. The first-order valence-corrected chi connectivity index (χ1v) is 9.35. The highest BCUT2D eigenvalue weighted by Gasteiger charge is 2.31. The van der Waals surface area contributed by atoms with Crippen molar-refractivity contribution in [2.75, 3.05) is 39.4 Å². The fourth-order valence-electron chi connectivity index (χ4n) is 3.48. The number of carbonyl (C=O) groups excluding carboxylic acids is 2. The summed E-state index contributed by atoms with van der Waals surface area (Å²) in [5, 5.41) is 0. The van der Waals surface area contributed by atoms with Gasteiger partial charge in [-0.2, -0.15) is 13.2 Å². The molecule has 152 valence electrons. The normalized spacial score (nSPS) is 21.2. The van der Waals surface area contributed by atoms with Crippen LogP contribution in [0, 0.1) is 5.92 Å². The first-order chi connectivity index (χ1) is 13.3. The van der Waals surface area contributed by atoms with Crippen molar-refractivity contribution in [2.45, 2.75) is 19.0 Å². The molecular weight excluding hydrogens is 373 g/mol. The van der Waals surface area contributed by atoms with E-state index in [0.717, 1.165) is 25.0 Å². The standard InChI is InChI=1S/C20H23F3N2O3/c21-20(22,23)17-6-3-15(4-7-17)5-8-18(26)25-9-1-2-16(14-25)19(27)24-10-12-28-13-11-24/h3-8,16H,1-2,9-14H2/b8-5+. The molecular formula is C20H23F3N2O3. The Bertz CT molecular complexity index is 725. The van der Waals surface area contributed by atoms with Crippen LogP contribution in [-0.2, 0) is 20.5 Å². The molecule has 0 saturated carbocycles. The van der Waals surface area contributed by atoms with Crippen LogP contribution < -0.4 is 0 Å². The minimum absolute atomic E-state index is 0.0625. The molecule has 2 heterocycles. The highest BCUT2D eigenvalue weighted by molar-refractivity contribution is 5.92. The molecule has 1 unspecified atom stereocenters. The van der Waals surface area contributed by atoms with Crippen LogP contribution in [0.25, 0.3) is 6.08 Å². The summed E-state index contributed by atoms with van der Waals surface area (Å²) in [5.74, 6) is -0.387. The van der Waals surface area contributed by atoms with Crippen molar-refractivity contribution in [3.63, 3.8) is 0 Å². The molecule has 3 rings (SSSR count). The largest absolute Gasteiger partial charge is 0.416 e. The zero-order valence-electron chi connectivity index (χ0n) is 15.5. The van der Waals surface area contributed by atoms with Gasteiger partial charge in [-0.25, -0.2) is 0 Å². The summed E-state index contributed by atoms with van der Waals surface area (Å²) in [6, 6.07) is 4.63. The van der Waals surface area contributed by atoms with E-state index in [2.05, 4.69) is 0 Å². The summed E-state index contributed by atoms with van der Waals surface area (Å²) >= 11 is 0. The molecule has 0 aromatic heterocycles. The van der Waals surface area contributed by atoms with Crippen LogP contribution in [0.3, 0.4) is 0 Å². The van der Waals surface area contributed by atoms with E-state index in [1.165, 1.54) is 24.3 Å². The predicted octanol–water partition coefficient (Wildman–Crippen LogP) is 2.82. The van der Waals surface area contributed by atoms with Crippen molar-refractivity contribution in [2.24, 2.45) is 5.92 Å². The van der Waals surface area contributed by atoms with E-state index >= 15 is 0 Å². The van der Waals surface area contributed by atoms with Gasteiger partial charge in [-0.3, -0.25) is 9.59 Å². The third-order valence-electron chi connectivity index (χ3n) is 5.06. The number of benzene rings is 1. The van der Waals surface area contributed by atoms with Gasteiger partial charge in [0.05, 0.1) is 24.7 Å². The summed E-state index contributed by atoms with van der Waals surface area (Å²) in [4.78, 5) is 28.5. The van der Waals surface area contributed by atoms with Gasteiger partial charge in [-0.15, -0.1) is 0 Å². The summed E-state index contributed by atoms with van der Waals surface area (Å²) < 4.78 is 43.1. The van der Waals surface area contributed by atoms with E-state index in [4.69, 9.17) is 4.74 Å². The second-order valence-corrected chi connectivity index (χ2v) is 7.01. The first kappa shape index (κ1) is 20.4. The Morgan fingerprint density at radius 3 is 2.36 bits per heavy atom. The molecule has 1 aromatic carbocycles. The fourth-order valence-corrected chi connectivity index (χ4v) is 3.48. The lowest BCUT2D eigenvalue weighted by atomic mass is 9.96. The molecule has 0 radical (unpaired) electrons. The minimum atomic E-state index is -4.38. The quantitative estimate of drug-likeness (QED) is 0.739. The molecule has 0 spiro atoms. The number of rotatable bonds is 3. The van der Waals surface area contributed by atoms with Gasteiger partial charge >= 0.3 is 6.18 Å². The molecule has 0 aliphatic carbocycles. The van der Waals surface area contributed by atoms with Crippen molar-refractivity contribution >= 4 is 17.9 Å². The number of ether oxygens (including phenoxy) is 1. The molecule has 2 aliphatic rings. The SMILES string of the molecule is O=C(/C=C/c1ccc(C(F)(F)F)cc1)N1CCCC(C(=O)N2CCOCC2)C1. The molecule has 2 amide bonds. The van der Waals surface area contributed by atoms with Crippen molar-refractivity contribution in [1.29, 1.82) is 0 Å². The summed E-state index contributed by atoms with van der Waals surface area (Å²) in [6.07, 6.45) is -0.0306. The van der Waals surface area contributed by atoms with Gasteiger partial charge in [-0.05, 0) is 36.6 Å². The zero-order chi connectivity index (χ0) is 20.1. The lowest BCUT2D eigenvalue weighted by Gasteiger charge is -2.35. The average molecular weight is 396 g/mol. The maximum atomic E-state index is 12.6. The van der Waals surface area contributed by atoms with E-state index in [0.29, 0.717) is 45.0 Å². The molecule has 28 heavy (non-hydrogen) atoms. The lowest BCUT2D eigenvalue weighted by Crippen LogP contribution is -2.49. The Balaban J connectivity index is 1.57. The number of piperidine rings is 1. The van der Waals surface area contributed by atoms with Crippen LogP contribution in [0.2, 0.25) is 0 Å². The maximum absolute atomic E-state index is 12.6. The zero-order valence-corrected chi connectivity index (χ0v) is 15.5. The van der Waals surface area contributed by atoms with Crippen LogP contribution in [0.4, 0.5) is 13.2 Å².